The largest absolute Gasteiger partial charge is 0.494 e. The van der Waals surface area contributed by atoms with E-state index in [4.69, 9.17) is 30.5 Å². The number of hydrogen-bond donors (Lipinski definition) is 1. The van der Waals surface area contributed by atoms with Gasteiger partial charge in [-0.1, -0.05) is 35.9 Å². The third-order valence-corrected chi connectivity index (χ3v) is 6.04. The van der Waals surface area contributed by atoms with Crippen LogP contribution in [0.3, 0.4) is 0 Å². The van der Waals surface area contributed by atoms with Crippen LogP contribution >= 0.6 is 11.6 Å². The molecule has 2 aliphatic rings. The molecule has 0 aromatic heterocycles. The molecule has 4 atom stereocenters. The second-order valence-corrected chi connectivity index (χ2v) is 8.15. The lowest BCUT2D eigenvalue weighted by Crippen LogP contribution is -2.69. The van der Waals surface area contributed by atoms with Crippen LogP contribution < -0.4 is 4.74 Å². The average molecular weight is 419 g/mol. The normalized spacial score (nSPS) is 28.5. The van der Waals surface area contributed by atoms with Crippen LogP contribution in [0.2, 0.25) is 5.02 Å². The molecule has 0 aliphatic carbocycles. The minimum absolute atomic E-state index is 0.225. The van der Waals surface area contributed by atoms with Gasteiger partial charge in [0, 0.05) is 18.6 Å². The van der Waals surface area contributed by atoms with Crippen LogP contribution in [0.5, 0.6) is 5.75 Å². The highest BCUT2D eigenvalue weighted by Gasteiger charge is 2.58. The Morgan fingerprint density at radius 2 is 2.00 bits per heavy atom. The minimum atomic E-state index is -0.581. The Labute approximate surface area is 176 Å². The van der Waals surface area contributed by atoms with Crippen LogP contribution in [-0.2, 0) is 20.6 Å². The van der Waals surface area contributed by atoms with E-state index in [0.29, 0.717) is 32.7 Å². The van der Waals surface area contributed by atoms with Crippen molar-refractivity contribution in [2.45, 2.75) is 43.7 Å². The predicted molar refractivity (Wildman–Crippen MR) is 111 cm³/mol. The van der Waals surface area contributed by atoms with Crippen LogP contribution in [0, 0.1) is 0 Å². The second kappa shape index (κ2) is 8.62. The fraction of sp³-hybridized carbons (Fsp3) is 0.478. The monoisotopic (exact) mass is 418 g/mol. The topological polar surface area (TPSA) is 57.2 Å². The fourth-order valence-corrected chi connectivity index (χ4v) is 4.41. The second-order valence-electron chi connectivity index (χ2n) is 7.74. The van der Waals surface area contributed by atoms with E-state index < -0.39 is 11.7 Å². The number of aliphatic hydroxyl groups excluding tert-OH is 1. The Hall–Kier alpha value is -1.63. The van der Waals surface area contributed by atoms with E-state index in [-0.39, 0.29) is 12.2 Å². The Balaban J connectivity index is 1.53. The summed E-state index contributed by atoms with van der Waals surface area (Å²) in [5, 5.41) is 11.3. The van der Waals surface area contributed by atoms with Gasteiger partial charge in [-0.05, 0) is 48.2 Å². The van der Waals surface area contributed by atoms with E-state index >= 15 is 0 Å². The first-order chi connectivity index (χ1) is 14.0. The highest BCUT2D eigenvalue weighted by Crippen LogP contribution is 2.45. The van der Waals surface area contributed by atoms with E-state index in [1.165, 1.54) is 0 Å². The van der Waals surface area contributed by atoms with Gasteiger partial charge in [0.05, 0.1) is 32.0 Å². The molecule has 3 unspecified atom stereocenters. The Morgan fingerprint density at radius 3 is 2.66 bits per heavy atom. The first-order valence-electron chi connectivity index (χ1n) is 10.0. The first-order valence-corrected chi connectivity index (χ1v) is 10.4. The number of halogens is 1. The maximum Gasteiger partial charge on any atom is 0.144 e. The van der Waals surface area contributed by atoms with Crippen molar-refractivity contribution in [2.24, 2.45) is 0 Å². The van der Waals surface area contributed by atoms with Gasteiger partial charge in [0.2, 0.25) is 0 Å². The predicted octanol–water partition coefficient (Wildman–Crippen LogP) is 3.94. The molecule has 4 rings (SSSR count). The lowest BCUT2D eigenvalue weighted by Gasteiger charge is -2.55. The Kier molecular flexibility index (Phi) is 6.13. The Morgan fingerprint density at radius 1 is 1.21 bits per heavy atom. The van der Waals surface area contributed by atoms with Crippen LogP contribution in [0.1, 0.15) is 36.1 Å². The third-order valence-electron chi connectivity index (χ3n) is 5.67. The number of fused-ring (bicyclic) bond motifs is 1. The quantitative estimate of drug-likeness (QED) is 0.738. The minimum Gasteiger partial charge on any atom is -0.494 e. The summed E-state index contributed by atoms with van der Waals surface area (Å²) in [6.07, 6.45) is 0.0673. The zero-order valence-corrected chi connectivity index (χ0v) is 17.5. The number of rotatable bonds is 7. The van der Waals surface area contributed by atoms with Gasteiger partial charge in [0.25, 0.3) is 0 Å². The van der Waals surface area contributed by atoms with Crippen LogP contribution in [0.25, 0.3) is 0 Å². The average Bonchev–Trinajstić information content (AvgIpc) is 2.68. The number of benzene rings is 2. The molecule has 2 heterocycles. The van der Waals surface area contributed by atoms with Gasteiger partial charge in [-0.25, -0.2) is 0 Å². The van der Waals surface area contributed by atoms with Crippen LogP contribution in [0.15, 0.2) is 42.5 Å². The molecule has 156 valence electrons. The van der Waals surface area contributed by atoms with E-state index in [0.717, 1.165) is 27.5 Å². The van der Waals surface area contributed by atoms with Gasteiger partial charge < -0.3 is 24.1 Å². The van der Waals surface area contributed by atoms with Gasteiger partial charge >= 0.3 is 0 Å². The van der Waals surface area contributed by atoms with Gasteiger partial charge in [0.1, 0.15) is 17.5 Å². The van der Waals surface area contributed by atoms with Crippen molar-refractivity contribution in [2.75, 3.05) is 26.9 Å². The maximum absolute atomic E-state index is 10.6. The number of aliphatic hydroxyl groups is 1. The summed E-state index contributed by atoms with van der Waals surface area (Å²) in [6, 6.07) is 14.0. The fourth-order valence-electron chi connectivity index (χ4n) is 4.23. The SMILES string of the molecule is CCOc1ccc(Cc2cc(C3CC(O)[C@@H]4OCC4(COC)O3)ccc2Cl)cc1. The molecule has 29 heavy (non-hydrogen) atoms. The van der Waals surface area contributed by atoms with Crippen molar-refractivity contribution in [3.8, 4) is 5.75 Å². The molecule has 0 spiro atoms. The molecule has 0 amide bonds. The zero-order valence-electron chi connectivity index (χ0n) is 16.8. The van der Waals surface area contributed by atoms with E-state index in [1.807, 2.05) is 31.2 Å². The molecule has 1 N–H and O–H groups in total. The van der Waals surface area contributed by atoms with Crippen molar-refractivity contribution >= 4 is 11.6 Å². The lowest BCUT2D eigenvalue weighted by atomic mass is 9.81. The van der Waals surface area contributed by atoms with Gasteiger partial charge in [-0.15, -0.1) is 0 Å². The standard InChI is InChI=1S/C23H27ClO5/c1-3-27-18-7-4-15(5-8-18)10-17-11-16(6-9-19(17)24)21-12-20(25)22-23(29-21,13-26-2)14-28-22/h4-9,11,20-22,25H,3,10,12-14H2,1-2H3/t20?,21?,22-,23?/m0/s1. The van der Waals surface area contributed by atoms with E-state index in [1.54, 1.807) is 7.11 Å². The highest BCUT2D eigenvalue weighted by atomic mass is 35.5. The molecule has 0 saturated carbocycles. The summed E-state index contributed by atoms with van der Waals surface area (Å²) in [4.78, 5) is 0. The highest BCUT2D eigenvalue weighted by molar-refractivity contribution is 6.31. The molecular weight excluding hydrogens is 392 g/mol. The number of hydrogen-bond acceptors (Lipinski definition) is 5. The molecule has 2 aromatic rings. The third kappa shape index (κ3) is 4.16. The van der Waals surface area contributed by atoms with Gasteiger partial charge in [0.15, 0.2) is 0 Å². The van der Waals surface area contributed by atoms with E-state index in [9.17, 15) is 5.11 Å². The zero-order chi connectivity index (χ0) is 20.4. The molecule has 2 fully saturated rings. The Bertz CT molecular complexity index is 840. The summed E-state index contributed by atoms with van der Waals surface area (Å²) in [7, 11) is 1.64. The van der Waals surface area contributed by atoms with Crippen LogP contribution in [-0.4, -0.2) is 49.8 Å². The first kappa shape index (κ1) is 20.6. The van der Waals surface area contributed by atoms with E-state index in [2.05, 4.69) is 18.2 Å². The molecule has 6 heteroatoms. The molecule has 2 saturated heterocycles. The van der Waals surface area contributed by atoms with Crippen molar-refractivity contribution in [3.63, 3.8) is 0 Å². The summed E-state index contributed by atoms with van der Waals surface area (Å²) >= 11 is 6.48. The lowest BCUT2D eigenvalue weighted by molar-refractivity contribution is -0.342. The molecule has 0 radical (unpaired) electrons. The number of methoxy groups -OCH3 is 1. The number of ether oxygens (including phenoxy) is 4. The molecule has 2 aromatic carbocycles. The van der Waals surface area contributed by atoms with Gasteiger partial charge in [-0.3, -0.25) is 0 Å². The summed E-state index contributed by atoms with van der Waals surface area (Å²) in [6.45, 7) is 3.46. The molecule has 5 nitrogen and oxygen atoms in total. The van der Waals surface area contributed by atoms with Crippen molar-refractivity contribution < 1.29 is 24.1 Å². The van der Waals surface area contributed by atoms with Crippen molar-refractivity contribution in [1.29, 1.82) is 0 Å². The smallest absolute Gasteiger partial charge is 0.144 e. The van der Waals surface area contributed by atoms with Crippen molar-refractivity contribution in [3.05, 3.63) is 64.2 Å². The molecular formula is C23H27ClO5. The molecule has 2 aliphatic heterocycles. The maximum atomic E-state index is 10.6. The van der Waals surface area contributed by atoms with Crippen molar-refractivity contribution in [1.82, 2.24) is 0 Å². The van der Waals surface area contributed by atoms with Crippen LogP contribution in [0.4, 0.5) is 0 Å². The summed E-state index contributed by atoms with van der Waals surface area (Å²) in [5.41, 5.74) is 2.61. The summed E-state index contributed by atoms with van der Waals surface area (Å²) in [5.74, 6) is 0.862. The van der Waals surface area contributed by atoms with Gasteiger partial charge in [-0.2, -0.15) is 0 Å². The molecule has 0 bridgehead atoms. The summed E-state index contributed by atoms with van der Waals surface area (Å²) < 4.78 is 22.8.